The molecule has 1 heterocycles. The fraction of sp³-hybridized carbons (Fsp3) is 0.208. The quantitative estimate of drug-likeness (QED) is 0.603. The SMILES string of the molecule is CC(=O)N1Cc2ccc(-c3ccc(NS(C)(=O)=O)cc3)cc2CCc2cc(Cl)ccc21. The second kappa shape index (κ2) is 8.36. The molecule has 3 aromatic rings. The molecule has 0 spiro atoms. The molecule has 1 aliphatic rings. The van der Waals surface area contributed by atoms with Crippen molar-refractivity contribution in [3.63, 3.8) is 0 Å². The summed E-state index contributed by atoms with van der Waals surface area (Å²) in [6.07, 6.45) is 2.76. The summed E-state index contributed by atoms with van der Waals surface area (Å²) in [7, 11) is -3.31. The summed E-state index contributed by atoms with van der Waals surface area (Å²) in [6.45, 7) is 2.09. The predicted octanol–water partition coefficient (Wildman–Crippen LogP) is 5.03. The maximum absolute atomic E-state index is 12.4. The molecule has 1 N–H and O–H groups in total. The number of anilines is 2. The van der Waals surface area contributed by atoms with Crippen LogP contribution in [0.4, 0.5) is 11.4 Å². The number of carbonyl (C=O) groups is 1. The number of rotatable bonds is 3. The molecule has 7 heteroatoms. The van der Waals surface area contributed by atoms with Crippen molar-refractivity contribution in [2.75, 3.05) is 15.9 Å². The summed E-state index contributed by atoms with van der Waals surface area (Å²) in [5, 5.41) is 0.666. The van der Waals surface area contributed by atoms with Crippen molar-refractivity contribution in [2.24, 2.45) is 0 Å². The molecule has 0 radical (unpaired) electrons. The molecule has 0 saturated carbocycles. The fourth-order valence-corrected chi connectivity index (χ4v) is 4.72. The van der Waals surface area contributed by atoms with E-state index in [1.54, 1.807) is 24.0 Å². The second-order valence-electron chi connectivity index (χ2n) is 7.81. The molecule has 0 unspecified atom stereocenters. The van der Waals surface area contributed by atoms with E-state index in [1.807, 2.05) is 36.4 Å². The van der Waals surface area contributed by atoms with Gasteiger partial charge in [0.1, 0.15) is 0 Å². The zero-order chi connectivity index (χ0) is 22.2. The van der Waals surface area contributed by atoms with Crippen molar-refractivity contribution < 1.29 is 13.2 Å². The summed E-state index contributed by atoms with van der Waals surface area (Å²) >= 11 is 6.21. The Labute approximate surface area is 187 Å². The van der Waals surface area contributed by atoms with E-state index in [0.717, 1.165) is 47.0 Å². The first-order valence-corrected chi connectivity index (χ1v) is 12.2. The Morgan fingerprint density at radius 2 is 1.58 bits per heavy atom. The standard InChI is InChI=1S/C24H23ClN2O3S/c1-16(28)27-15-21-6-4-18(17-7-10-23(11-8-17)26-31(2,29)30)13-19(21)3-5-20-14-22(25)9-12-24(20)27/h4,6-14,26H,3,5,15H2,1-2H3. The first-order chi connectivity index (χ1) is 14.7. The maximum Gasteiger partial charge on any atom is 0.229 e. The molecule has 31 heavy (non-hydrogen) atoms. The van der Waals surface area contributed by atoms with E-state index in [1.165, 1.54) is 5.56 Å². The fourth-order valence-electron chi connectivity index (χ4n) is 3.96. The van der Waals surface area contributed by atoms with Gasteiger partial charge in [-0.05, 0) is 71.0 Å². The number of halogens is 1. The van der Waals surface area contributed by atoms with E-state index in [0.29, 0.717) is 17.3 Å². The van der Waals surface area contributed by atoms with Crippen molar-refractivity contribution in [3.8, 4) is 11.1 Å². The van der Waals surface area contributed by atoms with Crippen LogP contribution in [0.15, 0.2) is 60.7 Å². The molecule has 0 atom stereocenters. The van der Waals surface area contributed by atoms with Crippen molar-refractivity contribution >= 4 is 38.9 Å². The molecule has 0 bridgehead atoms. The number of fused-ring (bicyclic) bond motifs is 2. The molecular formula is C24H23ClN2O3S. The lowest BCUT2D eigenvalue weighted by atomic mass is 9.92. The van der Waals surface area contributed by atoms with Crippen LogP contribution in [-0.4, -0.2) is 20.6 Å². The molecule has 1 aliphatic heterocycles. The lowest BCUT2D eigenvalue weighted by Gasteiger charge is -2.28. The molecular weight excluding hydrogens is 432 g/mol. The smallest absolute Gasteiger partial charge is 0.229 e. The minimum absolute atomic E-state index is 0.00513. The Balaban J connectivity index is 1.67. The monoisotopic (exact) mass is 454 g/mol. The number of nitrogens with zero attached hydrogens (tertiary/aromatic N) is 1. The third kappa shape index (κ3) is 4.92. The minimum Gasteiger partial charge on any atom is -0.308 e. The van der Waals surface area contributed by atoms with Crippen molar-refractivity contribution in [1.29, 1.82) is 0 Å². The van der Waals surface area contributed by atoms with Crippen LogP contribution in [0, 0.1) is 0 Å². The molecule has 5 nitrogen and oxygen atoms in total. The van der Waals surface area contributed by atoms with Gasteiger partial charge in [0, 0.05) is 23.3 Å². The largest absolute Gasteiger partial charge is 0.308 e. The van der Waals surface area contributed by atoms with Crippen LogP contribution in [-0.2, 0) is 34.2 Å². The van der Waals surface area contributed by atoms with E-state index in [-0.39, 0.29) is 5.91 Å². The molecule has 3 aromatic carbocycles. The number of hydrogen-bond donors (Lipinski definition) is 1. The highest BCUT2D eigenvalue weighted by Gasteiger charge is 2.21. The molecule has 160 valence electrons. The van der Waals surface area contributed by atoms with Crippen LogP contribution in [0.25, 0.3) is 11.1 Å². The molecule has 0 fully saturated rings. The molecule has 1 amide bonds. The van der Waals surface area contributed by atoms with Gasteiger partial charge < -0.3 is 4.90 Å². The Morgan fingerprint density at radius 3 is 2.26 bits per heavy atom. The van der Waals surface area contributed by atoms with Crippen LogP contribution in [0.5, 0.6) is 0 Å². The van der Waals surface area contributed by atoms with Crippen LogP contribution < -0.4 is 9.62 Å². The molecule has 0 aromatic heterocycles. The van der Waals surface area contributed by atoms with Gasteiger partial charge in [0.25, 0.3) is 0 Å². The highest BCUT2D eigenvalue weighted by atomic mass is 35.5. The Hall–Kier alpha value is -2.83. The number of hydrogen-bond acceptors (Lipinski definition) is 3. The van der Waals surface area contributed by atoms with Crippen molar-refractivity contribution in [3.05, 3.63) is 82.4 Å². The van der Waals surface area contributed by atoms with Gasteiger partial charge in [0.2, 0.25) is 15.9 Å². The number of carbonyl (C=O) groups excluding carboxylic acids is 1. The predicted molar refractivity (Wildman–Crippen MR) is 126 cm³/mol. The number of aryl methyl sites for hydroxylation is 2. The van der Waals surface area contributed by atoms with Gasteiger partial charge in [-0.15, -0.1) is 0 Å². The summed E-state index contributed by atoms with van der Waals surface area (Å²) in [6, 6.07) is 19.3. The van der Waals surface area contributed by atoms with Gasteiger partial charge in [0.05, 0.1) is 12.8 Å². The highest BCUT2D eigenvalue weighted by Crippen LogP contribution is 2.32. The summed E-state index contributed by atoms with van der Waals surface area (Å²) in [5.74, 6) is -0.00513. The van der Waals surface area contributed by atoms with Gasteiger partial charge in [-0.25, -0.2) is 8.42 Å². The normalized spacial score (nSPS) is 13.6. The van der Waals surface area contributed by atoms with Crippen molar-refractivity contribution in [1.82, 2.24) is 0 Å². The minimum atomic E-state index is -3.31. The van der Waals surface area contributed by atoms with Gasteiger partial charge >= 0.3 is 0 Å². The third-order valence-electron chi connectivity index (χ3n) is 5.43. The lowest BCUT2D eigenvalue weighted by Crippen LogP contribution is -2.30. The first kappa shape index (κ1) is 21.4. The number of nitrogens with one attached hydrogen (secondary N) is 1. The van der Waals surface area contributed by atoms with Crippen LogP contribution in [0.1, 0.15) is 23.6 Å². The van der Waals surface area contributed by atoms with Crippen molar-refractivity contribution in [2.45, 2.75) is 26.3 Å². The number of benzene rings is 3. The summed E-state index contributed by atoms with van der Waals surface area (Å²) in [4.78, 5) is 14.2. The van der Waals surface area contributed by atoms with E-state index >= 15 is 0 Å². The first-order valence-electron chi connectivity index (χ1n) is 9.96. The van der Waals surface area contributed by atoms with Gasteiger partial charge in [-0.3, -0.25) is 9.52 Å². The highest BCUT2D eigenvalue weighted by molar-refractivity contribution is 7.92. The van der Waals surface area contributed by atoms with Gasteiger partial charge in [-0.1, -0.05) is 41.9 Å². The lowest BCUT2D eigenvalue weighted by molar-refractivity contribution is -0.116. The number of amides is 1. The Morgan fingerprint density at radius 1 is 0.903 bits per heavy atom. The topological polar surface area (TPSA) is 66.5 Å². The van der Waals surface area contributed by atoms with Crippen LogP contribution in [0.2, 0.25) is 5.02 Å². The zero-order valence-corrected chi connectivity index (χ0v) is 18.9. The van der Waals surface area contributed by atoms with E-state index in [4.69, 9.17) is 11.6 Å². The number of sulfonamides is 1. The zero-order valence-electron chi connectivity index (χ0n) is 17.4. The van der Waals surface area contributed by atoms with E-state index in [2.05, 4.69) is 16.9 Å². The van der Waals surface area contributed by atoms with Gasteiger partial charge in [-0.2, -0.15) is 0 Å². The molecule has 0 aliphatic carbocycles. The Bertz CT molecular complexity index is 1250. The summed E-state index contributed by atoms with van der Waals surface area (Å²) < 4.78 is 25.3. The summed E-state index contributed by atoms with van der Waals surface area (Å²) in [5.41, 5.74) is 6.86. The maximum atomic E-state index is 12.4. The second-order valence-corrected chi connectivity index (χ2v) is 10.00. The molecule has 0 saturated heterocycles. The van der Waals surface area contributed by atoms with Crippen LogP contribution >= 0.6 is 11.6 Å². The average Bonchev–Trinajstić information content (AvgIpc) is 2.69. The van der Waals surface area contributed by atoms with E-state index < -0.39 is 10.0 Å². The average molecular weight is 455 g/mol. The molecule has 4 rings (SSSR count). The van der Waals surface area contributed by atoms with Gasteiger partial charge in [0.15, 0.2) is 0 Å². The third-order valence-corrected chi connectivity index (χ3v) is 6.27. The van der Waals surface area contributed by atoms with Crippen LogP contribution in [0.3, 0.4) is 0 Å². The Kier molecular flexibility index (Phi) is 5.77. The van der Waals surface area contributed by atoms with E-state index in [9.17, 15) is 13.2 Å².